The lowest BCUT2D eigenvalue weighted by Crippen LogP contribution is -2.31. The zero-order chi connectivity index (χ0) is 22.0. The number of carbonyl (C=O) groups is 2. The van der Waals surface area contributed by atoms with Crippen LogP contribution in [0, 0.1) is 0 Å². The van der Waals surface area contributed by atoms with Gasteiger partial charge in [-0.1, -0.05) is 42.5 Å². The summed E-state index contributed by atoms with van der Waals surface area (Å²) in [5.41, 5.74) is 1.62. The topological polar surface area (TPSA) is 111 Å². The third-order valence-electron chi connectivity index (χ3n) is 4.72. The lowest BCUT2D eigenvalue weighted by molar-refractivity contribution is -0.137. The molecular weight excluding hydrogens is 436 g/mol. The predicted octanol–water partition coefficient (Wildman–Crippen LogP) is 3.14. The summed E-state index contributed by atoms with van der Waals surface area (Å²) < 4.78 is 28.2. The first-order chi connectivity index (χ1) is 14.8. The van der Waals surface area contributed by atoms with Crippen LogP contribution in [-0.2, 0) is 31.9 Å². The molecule has 2 heterocycles. The molecular formula is C22H18N2O5S2. The SMILES string of the molecule is NS(=O)(=O)c1ccc(CN2C(=O)C(SCc3ccco3)=C(c3ccccc3)C2=O)cc1. The highest BCUT2D eigenvalue weighted by molar-refractivity contribution is 8.03. The van der Waals surface area contributed by atoms with E-state index in [0.717, 1.165) is 0 Å². The molecule has 7 nitrogen and oxygen atoms in total. The van der Waals surface area contributed by atoms with Gasteiger partial charge in [0.1, 0.15) is 5.76 Å². The number of benzene rings is 2. The van der Waals surface area contributed by atoms with E-state index in [2.05, 4.69) is 0 Å². The first-order valence-corrected chi connectivity index (χ1v) is 11.8. The number of primary sulfonamides is 1. The van der Waals surface area contributed by atoms with Gasteiger partial charge in [-0.15, -0.1) is 11.8 Å². The van der Waals surface area contributed by atoms with Crippen molar-refractivity contribution in [1.29, 1.82) is 0 Å². The number of nitrogens with two attached hydrogens (primary N) is 1. The summed E-state index contributed by atoms with van der Waals surface area (Å²) in [5.74, 6) is 0.320. The Morgan fingerprint density at radius 1 is 0.903 bits per heavy atom. The molecule has 2 amide bonds. The molecule has 0 fully saturated rings. The average Bonchev–Trinajstić information content (AvgIpc) is 3.35. The maximum Gasteiger partial charge on any atom is 0.268 e. The van der Waals surface area contributed by atoms with E-state index in [1.54, 1.807) is 24.5 Å². The highest BCUT2D eigenvalue weighted by atomic mass is 32.2. The Morgan fingerprint density at radius 3 is 2.23 bits per heavy atom. The monoisotopic (exact) mass is 454 g/mol. The standard InChI is InChI=1S/C22H18N2O5S2/c23-31(27,28)18-10-8-15(9-11-18)13-24-21(25)19(16-5-2-1-3-6-16)20(22(24)26)30-14-17-7-4-12-29-17/h1-12H,13-14H2,(H2,23,27,28). The Balaban J connectivity index is 1.62. The quantitative estimate of drug-likeness (QED) is 0.549. The molecule has 3 aromatic rings. The van der Waals surface area contributed by atoms with Gasteiger partial charge in [-0.05, 0) is 35.4 Å². The zero-order valence-corrected chi connectivity index (χ0v) is 17.9. The average molecular weight is 455 g/mol. The van der Waals surface area contributed by atoms with Gasteiger partial charge in [0.2, 0.25) is 10.0 Å². The van der Waals surface area contributed by atoms with Gasteiger partial charge in [0.05, 0.1) is 33.9 Å². The van der Waals surface area contributed by atoms with Crippen LogP contribution in [0.5, 0.6) is 0 Å². The van der Waals surface area contributed by atoms with Gasteiger partial charge in [0.25, 0.3) is 11.8 Å². The van der Waals surface area contributed by atoms with Gasteiger partial charge >= 0.3 is 0 Å². The summed E-state index contributed by atoms with van der Waals surface area (Å²) in [6.07, 6.45) is 1.56. The molecule has 9 heteroatoms. The molecule has 0 saturated carbocycles. The summed E-state index contributed by atoms with van der Waals surface area (Å²) in [6, 6.07) is 18.4. The van der Waals surface area contributed by atoms with Gasteiger partial charge in [-0.25, -0.2) is 13.6 Å². The molecule has 0 bridgehead atoms. The van der Waals surface area contributed by atoms with Gasteiger partial charge in [-0.2, -0.15) is 0 Å². The van der Waals surface area contributed by atoms with E-state index in [4.69, 9.17) is 9.56 Å². The van der Waals surface area contributed by atoms with Crippen molar-refractivity contribution in [3.63, 3.8) is 0 Å². The summed E-state index contributed by atoms with van der Waals surface area (Å²) in [6.45, 7) is 0.0176. The van der Waals surface area contributed by atoms with Crippen LogP contribution in [0.4, 0.5) is 0 Å². The molecule has 0 spiro atoms. The van der Waals surface area contributed by atoms with Crippen LogP contribution in [0.25, 0.3) is 5.57 Å². The predicted molar refractivity (Wildman–Crippen MR) is 117 cm³/mol. The number of sulfonamides is 1. The fourth-order valence-electron chi connectivity index (χ4n) is 3.20. The van der Waals surface area contributed by atoms with E-state index >= 15 is 0 Å². The van der Waals surface area contributed by atoms with Crippen molar-refractivity contribution in [2.45, 2.75) is 17.2 Å². The summed E-state index contributed by atoms with van der Waals surface area (Å²) in [4.78, 5) is 27.9. The second kappa shape index (κ2) is 8.54. The van der Waals surface area contributed by atoms with Crippen molar-refractivity contribution in [2.24, 2.45) is 5.14 Å². The molecule has 158 valence electrons. The van der Waals surface area contributed by atoms with E-state index < -0.39 is 21.8 Å². The number of hydrogen-bond acceptors (Lipinski definition) is 6. The Hall–Kier alpha value is -3.14. The maximum absolute atomic E-state index is 13.2. The number of rotatable bonds is 7. The van der Waals surface area contributed by atoms with Crippen molar-refractivity contribution in [2.75, 3.05) is 0 Å². The van der Waals surface area contributed by atoms with E-state index in [9.17, 15) is 18.0 Å². The minimum atomic E-state index is -3.82. The molecule has 0 aliphatic carbocycles. The molecule has 0 radical (unpaired) electrons. The van der Waals surface area contributed by atoms with E-state index in [0.29, 0.717) is 33.1 Å². The Labute approximate surface area is 183 Å². The molecule has 2 aromatic carbocycles. The van der Waals surface area contributed by atoms with Crippen molar-refractivity contribution in [3.05, 3.63) is 94.8 Å². The number of carbonyl (C=O) groups excluding carboxylic acids is 2. The van der Waals surface area contributed by atoms with Crippen molar-refractivity contribution < 1.29 is 22.4 Å². The van der Waals surface area contributed by atoms with Gasteiger partial charge in [-0.3, -0.25) is 14.5 Å². The second-order valence-electron chi connectivity index (χ2n) is 6.82. The molecule has 1 aromatic heterocycles. The number of imide groups is 1. The van der Waals surface area contributed by atoms with Crippen LogP contribution in [0.1, 0.15) is 16.9 Å². The normalized spacial score (nSPS) is 14.5. The van der Waals surface area contributed by atoms with Gasteiger partial charge in [0.15, 0.2) is 0 Å². The number of hydrogen-bond donors (Lipinski definition) is 1. The van der Waals surface area contributed by atoms with Crippen LogP contribution < -0.4 is 5.14 Å². The first-order valence-electron chi connectivity index (χ1n) is 9.27. The summed E-state index contributed by atoms with van der Waals surface area (Å²) >= 11 is 1.25. The Kier molecular flexibility index (Phi) is 5.81. The third-order valence-corrected chi connectivity index (χ3v) is 6.74. The van der Waals surface area contributed by atoms with Gasteiger partial charge in [0, 0.05) is 0 Å². The van der Waals surface area contributed by atoms with E-state index in [1.807, 2.05) is 24.3 Å². The molecule has 0 unspecified atom stereocenters. The molecule has 1 aliphatic rings. The Morgan fingerprint density at radius 2 is 1.61 bits per heavy atom. The van der Waals surface area contributed by atoms with E-state index in [1.165, 1.54) is 40.9 Å². The van der Waals surface area contributed by atoms with Crippen molar-refractivity contribution in [3.8, 4) is 0 Å². The van der Waals surface area contributed by atoms with Gasteiger partial charge < -0.3 is 4.42 Å². The number of nitrogens with zero attached hydrogens (tertiary/aromatic N) is 1. The molecule has 0 atom stereocenters. The van der Waals surface area contributed by atoms with Crippen molar-refractivity contribution in [1.82, 2.24) is 4.90 Å². The molecule has 31 heavy (non-hydrogen) atoms. The molecule has 4 rings (SSSR count). The molecule has 0 saturated heterocycles. The first kappa shape index (κ1) is 21.1. The number of furan rings is 1. The van der Waals surface area contributed by atoms with Crippen LogP contribution in [0.15, 0.2) is 87.2 Å². The summed E-state index contributed by atoms with van der Waals surface area (Å²) in [5, 5.41) is 5.13. The largest absolute Gasteiger partial charge is 0.468 e. The lowest BCUT2D eigenvalue weighted by Gasteiger charge is -2.15. The van der Waals surface area contributed by atoms with Crippen LogP contribution in [0.3, 0.4) is 0 Å². The highest BCUT2D eigenvalue weighted by Gasteiger charge is 2.39. The summed E-state index contributed by atoms with van der Waals surface area (Å²) in [7, 11) is -3.82. The Bertz CT molecular complexity index is 1250. The fraction of sp³-hybridized carbons (Fsp3) is 0.0909. The van der Waals surface area contributed by atoms with Crippen LogP contribution >= 0.6 is 11.8 Å². The minimum Gasteiger partial charge on any atom is -0.468 e. The van der Waals surface area contributed by atoms with Crippen molar-refractivity contribution >= 4 is 39.2 Å². The maximum atomic E-state index is 13.2. The lowest BCUT2D eigenvalue weighted by atomic mass is 10.1. The zero-order valence-electron chi connectivity index (χ0n) is 16.2. The molecule has 1 aliphatic heterocycles. The molecule has 2 N–H and O–H groups in total. The number of thioether (sulfide) groups is 1. The second-order valence-corrected chi connectivity index (χ2v) is 9.37. The number of amides is 2. The van der Waals surface area contributed by atoms with E-state index in [-0.39, 0.29) is 11.4 Å². The van der Waals surface area contributed by atoms with Crippen LogP contribution in [0.2, 0.25) is 0 Å². The highest BCUT2D eigenvalue weighted by Crippen LogP contribution is 2.38. The third kappa shape index (κ3) is 4.48. The van der Waals surface area contributed by atoms with Crippen LogP contribution in [-0.4, -0.2) is 25.1 Å². The fourth-order valence-corrected chi connectivity index (χ4v) is 4.75. The smallest absolute Gasteiger partial charge is 0.268 e. The minimum absolute atomic E-state index is 0.0176.